The molecule has 0 saturated carbocycles. The van der Waals surface area contributed by atoms with Gasteiger partial charge < -0.3 is 9.73 Å². The monoisotopic (exact) mass is 361 g/mol. The van der Waals surface area contributed by atoms with E-state index in [0.29, 0.717) is 10.4 Å². The van der Waals surface area contributed by atoms with Crippen molar-refractivity contribution < 1.29 is 9.21 Å². The molecule has 0 fully saturated rings. The van der Waals surface area contributed by atoms with E-state index < -0.39 is 0 Å². The van der Waals surface area contributed by atoms with Gasteiger partial charge in [0.25, 0.3) is 5.91 Å². The minimum Gasteiger partial charge on any atom is -0.444 e. The Labute approximate surface area is 134 Å². The Kier molecular flexibility index (Phi) is 4.22. The summed E-state index contributed by atoms with van der Waals surface area (Å²) < 4.78 is 5.85. The van der Waals surface area contributed by atoms with Gasteiger partial charge in [0.2, 0.25) is 0 Å². The van der Waals surface area contributed by atoms with Gasteiger partial charge in [-0.05, 0) is 45.1 Å². The first-order valence-electron chi connectivity index (χ1n) is 6.38. The summed E-state index contributed by atoms with van der Waals surface area (Å²) in [4.78, 5) is 13.4. The third-order valence-electron chi connectivity index (χ3n) is 3.03. The van der Waals surface area contributed by atoms with E-state index in [0.717, 1.165) is 10.4 Å². The van der Waals surface area contributed by atoms with Crippen LogP contribution in [0.15, 0.2) is 69.1 Å². The number of benzene rings is 1. The molecule has 0 aliphatic heterocycles. The summed E-state index contributed by atoms with van der Waals surface area (Å²) >= 11 is 4.82. The first-order valence-corrected chi connectivity index (χ1v) is 8.06. The quantitative estimate of drug-likeness (QED) is 0.736. The highest BCUT2D eigenvalue weighted by Crippen LogP contribution is 2.26. The molecular formula is C16H12BrNO2S. The van der Waals surface area contributed by atoms with E-state index in [9.17, 15) is 4.79 Å². The predicted octanol–water partition coefficient (Wildman–Crippen LogP) is 4.62. The van der Waals surface area contributed by atoms with Gasteiger partial charge in [-0.3, -0.25) is 4.79 Å². The van der Waals surface area contributed by atoms with Crippen LogP contribution in [0.5, 0.6) is 0 Å². The second-order valence-corrected chi connectivity index (χ2v) is 6.20. The van der Waals surface area contributed by atoms with Gasteiger partial charge in [-0.15, -0.1) is 11.3 Å². The lowest BCUT2D eigenvalue weighted by Crippen LogP contribution is -2.28. The molecule has 0 saturated heterocycles. The standard InChI is InChI=1S/C16H12BrNO2S/c17-14-9-8-12(20-14)16(19)18-15(13-7-4-10-21-13)11-5-2-1-3-6-11/h1-10,15H,(H,18,19). The van der Waals surface area contributed by atoms with Gasteiger partial charge in [-0.2, -0.15) is 0 Å². The summed E-state index contributed by atoms with van der Waals surface area (Å²) in [5.41, 5.74) is 1.04. The van der Waals surface area contributed by atoms with E-state index in [1.165, 1.54) is 0 Å². The van der Waals surface area contributed by atoms with Crippen molar-refractivity contribution in [2.24, 2.45) is 0 Å². The third-order valence-corrected chi connectivity index (χ3v) is 4.40. The minimum absolute atomic E-state index is 0.178. The minimum atomic E-state index is -0.233. The zero-order valence-corrected chi connectivity index (χ0v) is 13.4. The van der Waals surface area contributed by atoms with E-state index in [1.54, 1.807) is 23.5 Å². The number of thiophene rings is 1. The number of rotatable bonds is 4. The molecule has 21 heavy (non-hydrogen) atoms. The fraction of sp³-hybridized carbons (Fsp3) is 0.0625. The van der Waals surface area contributed by atoms with E-state index in [1.807, 2.05) is 47.8 Å². The largest absolute Gasteiger partial charge is 0.444 e. The topological polar surface area (TPSA) is 42.2 Å². The Morgan fingerprint density at radius 2 is 1.90 bits per heavy atom. The number of hydrogen-bond donors (Lipinski definition) is 1. The van der Waals surface area contributed by atoms with Crippen LogP contribution in [0.2, 0.25) is 0 Å². The molecule has 2 heterocycles. The molecule has 3 aromatic rings. The zero-order valence-electron chi connectivity index (χ0n) is 11.0. The van der Waals surface area contributed by atoms with E-state index in [4.69, 9.17) is 4.42 Å². The number of hydrogen-bond acceptors (Lipinski definition) is 3. The Balaban J connectivity index is 1.88. The highest BCUT2D eigenvalue weighted by atomic mass is 79.9. The Morgan fingerprint density at radius 1 is 1.10 bits per heavy atom. The SMILES string of the molecule is O=C(NC(c1ccccc1)c1cccs1)c1ccc(Br)o1. The van der Waals surface area contributed by atoms with Crippen LogP contribution in [0.25, 0.3) is 0 Å². The molecule has 1 unspecified atom stereocenters. The molecule has 0 aliphatic carbocycles. The summed E-state index contributed by atoms with van der Waals surface area (Å²) in [6, 6.07) is 17.1. The van der Waals surface area contributed by atoms with Crippen molar-refractivity contribution in [3.8, 4) is 0 Å². The fourth-order valence-corrected chi connectivity index (χ4v) is 3.17. The van der Waals surface area contributed by atoms with Crippen LogP contribution in [-0.4, -0.2) is 5.91 Å². The summed E-state index contributed by atoms with van der Waals surface area (Å²) in [6.45, 7) is 0. The van der Waals surface area contributed by atoms with Gasteiger partial charge in [-0.25, -0.2) is 0 Å². The molecule has 1 N–H and O–H groups in total. The molecule has 1 atom stereocenters. The lowest BCUT2D eigenvalue weighted by Gasteiger charge is -2.17. The van der Waals surface area contributed by atoms with Gasteiger partial charge in [-0.1, -0.05) is 36.4 Å². The lowest BCUT2D eigenvalue weighted by molar-refractivity contribution is 0.0914. The van der Waals surface area contributed by atoms with Crippen LogP contribution in [0.4, 0.5) is 0 Å². The summed E-state index contributed by atoms with van der Waals surface area (Å²) in [7, 11) is 0. The van der Waals surface area contributed by atoms with Crippen LogP contribution >= 0.6 is 27.3 Å². The summed E-state index contributed by atoms with van der Waals surface area (Å²) in [5, 5.41) is 5.02. The normalized spacial score (nSPS) is 12.0. The molecule has 106 valence electrons. The number of carbonyl (C=O) groups is 1. The van der Waals surface area contributed by atoms with Crippen LogP contribution < -0.4 is 5.32 Å². The Morgan fingerprint density at radius 3 is 2.52 bits per heavy atom. The molecule has 0 aliphatic rings. The van der Waals surface area contributed by atoms with Gasteiger partial charge in [0, 0.05) is 4.88 Å². The lowest BCUT2D eigenvalue weighted by atomic mass is 10.1. The maximum Gasteiger partial charge on any atom is 0.287 e. The van der Waals surface area contributed by atoms with Gasteiger partial charge in [0.15, 0.2) is 10.4 Å². The van der Waals surface area contributed by atoms with Crippen LogP contribution in [0.3, 0.4) is 0 Å². The first-order chi connectivity index (χ1) is 10.2. The van der Waals surface area contributed by atoms with Crippen molar-refractivity contribution in [3.63, 3.8) is 0 Å². The molecule has 0 bridgehead atoms. The summed E-state index contributed by atoms with van der Waals surface area (Å²) in [6.07, 6.45) is 0. The highest BCUT2D eigenvalue weighted by Gasteiger charge is 2.20. The van der Waals surface area contributed by atoms with Crippen molar-refractivity contribution in [1.29, 1.82) is 0 Å². The number of carbonyl (C=O) groups excluding carboxylic acids is 1. The van der Waals surface area contributed by atoms with Crippen LogP contribution in [0, 0.1) is 0 Å². The number of halogens is 1. The van der Waals surface area contributed by atoms with Gasteiger partial charge in [0.1, 0.15) is 0 Å². The van der Waals surface area contributed by atoms with Crippen LogP contribution in [-0.2, 0) is 0 Å². The average Bonchev–Trinajstić information content (AvgIpc) is 3.17. The van der Waals surface area contributed by atoms with E-state index in [2.05, 4.69) is 21.2 Å². The van der Waals surface area contributed by atoms with Crippen molar-refractivity contribution >= 4 is 33.2 Å². The van der Waals surface area contributed by atoms with E-state index in [-0.39, 0.29) is 11.9 Å². The Hall–Kier alpha value is -1.85. The zero-order chi connectivity index (χ0) is 14.7. The highest BCUT2D eigenvalue weighted by molar-refractivity contribution is 9.10. The van der Waals surface area contributed by atoms with Crippen molar-refractivity contribution in [3.05, 3.63) is 80.8 Å². The molecule has 3 nitrogen and oxygen atoms in total. The summed E-state index contributed by atoms with van der Waals surface area (Å²) in [5.74, 6) is 0.0577. The number of amides is 1. The van der Waals surface area contributed by atoms with Gasteiger partial charge in [0.05, 0.1) is 6.04 Å². The van der Waals surface area contributed by atoms with Crippen LogP contribution in [0.1, 0.15) is 27.0 Å². The molecule has 2 aromatic heterocycles. The van der Waals surface area contributed by atoms with Crippen molar-refractivity contribution in [1.82, 2.24) is 5.32 Å². The third kappa shape index (κ3) is 3.25. The fourth-order valence-electron chi connectivity index (χ4n) is 2.06. The molecule has 0 spiro atoms. The predicted molar refractivity (Wildman–Crippen MR) is 86.5 cm³/mol. The van der Waals surface area contributed by atoms with Crippen molar-refractivity contribution in [2.45, 2.75) is 6.04 Å². The maximum atomic E-state index is 12.3. The number of furan rings is 1. The second-order valence-electron chi connectivity index (χ2n) is 4.44. The molecule has 1 aromatic carbocycles. The van der Waals surface area contributed by atoms with Gasteiger partial charge >= 0.3 is 0 Å². The average molecular weight is 362 g/mol. The Bertz CT molecular complexity index is 722. The van der Waals surface area contributed by atoms with E-state index >= 15 is 0 Å². The van der Waals surface area contributed by atoms with Crippen molar-refractivity contribution in [2.75, 3.05) is 0 Å². The molecule has 0 radical (unpaired) electrons. The molecular weight excluding hydrogens is 350 g/mol. The molecule has 5 heteroatoms. The maximum absolute atomic E-state index is 12.3. The molecule has 3 rings (SSSR count). The smallest absolute Gasteiger partial charge is 0.287 e. The first kappa shape index (κ1) is 14.1. The number of nitrogens with one attached hydrogen (secondary N) is 1. The second kappa shape index (κ2) is 6.28. The molecule has 1 amide bonds.